The van der Waals surface area contributed by atoms with Crippen molar-refractivity contribution in [1.82, 2.24) is 4.72 Å². The van der Waals surface area contributed by atoms with Gasteiger partial charge in [0.2, 0.25) is 5.84 Å². The van der Waals surface area contributed by atoms with E-state index in [2.05, 4.69) is 4.99 Å². The summed E-state index contributed by atoms with van der Waals surface area (Å²) in [5, 5.41) is 8.69. The van der Waals surface area contributed by atoms with Gasteiger partial charge in [-0.05, 0) is 40.8 Å². The Bertz CT molecular complexity index is 608. The Kier molecular flexibility index (Phi) is 2.62. The van der Waals surface area contributed by atoms with Gasteiger partial charge in [-0.3, -0.25) is 4.72 Å². The predicted octanol–water partition coefficient (Wildman–Crippen LogP) is 0.698. The molecule has 0 fully saturated rings. The van der Waals surface area contributed by atoms with E-state index in [0.29, 0.717) is 0 Å². The van der Waals surface area contributed by atoms with Crippen LogP contribution in [0.1, 0.15) is 0 Å². The highest BCUT2D eigenvalue weighted by molar-refractivity contribution is 14.1. The molecular formula is C8H5IN2O4S. The second-order valence-corrected chi connectivity index (χ2v) is 5.88. The minimum absolute atomic E-state index is 0.00981. The summed E-state index contributed by atoms with van der Waals surface area (Å²) in [4.78, 5) is 14.4. The number of sulfonamides is 1. The Hall–Kier alpha value is -1.16. The number of aliphatic imine (C=N–C) groups is 1. The third-order valence-electron chi connectivity index (χ3n) is 1.88. The van der Waals surface area contributed by atoms with E-state index in [0.717, 1.165) is 3.57 Å². The number of aliphatic carboxylic acids is 1. The highest BCUT2D eigenvalue weighted by atomic mass is 127. The number of carboxylic acid groups (broad SMARTS) is 1. The normalized spacial score (nSPS) is 16.9. The summed E-state index contributed by atoms with van der Waals surface area (Å²) >= 11 is 1.96. The summed E-state index contributed by atoms with van der Waals surface area (Å²) in [5.41, 5.74) is 0.136. The highest BCUT2D eigenvalue weighted by Gasteiger charge is 2.28. The van der Waals surface area contributed by atoms with Crippen LogP contribution in [0.15, 0.2) is 28.1 Å². The summed E-state index contributed by atoms with van der Waals surface area (Å²) in [6.07, 6.45) is 0. The number of fused-ring (bicyclic) bond motifs is 1. The molecule has 1 heterocycles. The van der Waals surface area contributed by atoms with Crippen molar-refractivity contribution in [1.29, 1.82) is 0 Å². The zero-order valence-corrected chi connectivity index (χ0v) is 10.6. The smallest absolute Gasteiger partial charge is 0.372 e. The van der Waals surface area contributed by atoms with E-state index >= 15 is 0 Å². The van der Waals surface area contributed by atoms with Gasteiger partial charge in [-0.25, -0.2) is 18.2 Å². The summed E-state index contributed by atoms with van der Waals surface area (Å²) in [6, 6.07) is 4.56. The van der Waals surface area contributed by atoms with Crippen LogP contribution in [0.2, 0.25) is 0 Å². The maximum Gasteiger partial charge on any atom is 0.372 e. The molecule has 0 bridgehead atoms. The quantitative estimate of drug-likeness (QED) is 0.728. The third kappa shape index (κ3) is 1.89. The fraction of sp³-hybridized carbons (Fsp3) is 0. The molecule has 0 saturated carbocycles. The van der Waals surface area contributed by atoms with Crippen molar-refractivity contribution < 1.29 is 18.3 Å². The minimum atomic E-state index is -3.83. The van der Waals surface area contributed by atoms with Crippen molar-refractivity contribution in [2.75, 3.05) is 0 Å². The van der Waals surface area contributed by atoms with E-state index in [1.54, 1.807) is 6.07 Å². The molecule has 0 amide bonds. The van der Waals surface area contributed by atoms with E-state index in [4.69, 9.17) is 5.11 Å². The average Bonchev–Trinajstić information content (AvgIpc) is 2.18. The van der Waals surface area contributed by atoms with E-state index in [1.165, 1.54) is 12.1 Å². The molecule has 1 aliphatic rings. The number of hydrogen-bond acceptors (Lipinski definition) is 4. The standard InChI is InChI=1S/C8H5IN2O4S/c9-4-1-2-5-6(3-4)16(14,15)11-7(10-5)8(12)13/h1-3H,(H,10,11)(H,12,13). The topological polar surface area (TPSA) is 95.8 Å². The molecule has 16 heavy (non-hydrogen) atoms. The Morgan fingerprint density at radius 2 is 2.12 bits per heavy atom. The fourth-order valence-corrected chi connectivity index (χ4v) is 3.08. The maximum atomic E-state index is 11.7. The molecule has 8 heteroatoms. The molecule has 0 atom stereocenters. The van der Waals surface area contributed by atoms with Crippen molar-refractivity contribution in [3.8, 4) is 0 Å². The first-order chi connectivity index (χ1) is 7.40. The SMILES string of the molecule is O=C(O)C1=Nc2ccc(I)cc2S(=O)(=O)N1. The van der Waals surface area contributed by atoms with Crippen molar-refractivity contribution >= 4 is 50.1 Å². The van der Waals surface area contributed by atoms with E-state index in [-0.39, 0.29) is 10.6 Å². The molecule has 1 aromatic rings. The summed E-state index contributed by atoms with van der Waals surface area (Å²) < 4.78 is 26.0. The van der Waals surface area contributed by atoms with Gasteiger partial charge in [0, 0.05) is 3.57 Å². The van der Waals surface area contributed by atoms with Crippen LogP contribution in [0.4, 0.5) is 5.69 Å². The van der Waals surface area contributed by atoms with Crippen molar-refractivity contribution in [3.05, 3.63) is 21.8 Å². The van der Waals surface area contributed by atoms with Gasteiger partial charge in [-0.2, -0.15) is 0 Å². The maximum absolute atomic E-state index is 11.7. The van der Waals surface area contributed by atoms with Crippen LogP contribution in [-0.4, -0.2) is 25.3 Å². The van der Waals surface area contributed by atoms with Crippen molar-refractivity contribution in [2.45, 2.75) is 4.90 Å². The number of amidine groups is 1. The molecule has 0 aromatic heterocycles. The molecule has 6 nitrogen and oxygen atoms in total. The lowest BCUT2D eigenvalue weighted by Gasteiger charge is -2.15. The summed E-state index contributed by atoms with van der Waals surface area (Å²) in [7, 11) is -3.83. The van der Waals surface area contributed by atoms with Crippen LogP contribution in [0.3, 0.4) is 0 Å². The first kappa shape index (κ1) is 11.3. The molecule has 0 aliphatic carbocycles. The van der Waals surface area contributed by atoms with Gasteiger partial charge in [0.1, 0.15) is 4.90 Å². The van der Waals surface area contributed by atoms with Crippen LogP contribution >= 0.6 is 22.6 Å². The summed E-state index contributed by atoms with van der Waals surface area (Å²) in [5.74, 6) is -2.00. The van der Waals surface area contributed by atoms with Gasteiger partial charge in [0.25, 0.3) is 10.0 Å². The molecular weight excluding hydrogens is 347 g/mol. The van der Waals surface area contributed by atoms with Gasteiger partial charge in [0.15, 0.2) is 0 Å². The van der Waals surface area contributed by atoms with Crippen molar-refractivity contribution in [2.24, 2.45) is 4.99 Å². The molecule has 84 valence electrons. The molecule has 1 aromatic carbocycles. The first-order valence-corrected chi connectivity index (χ1v) is 6.61. The first-order valence-electron chi connectivity index (χ1n) is 4.04. The van der Waals surface area contributed by atoms with E-state index in [9.17, 15) is 13.2 Å². The van der Waals surface area contributed by atoms with Gasteiger partial charge >= 0.3 is 5.97 Å². The van der Waals surface area contributed by atoms with Gasteiger partial charge < -0.3 is 5.11 Å². The molecule has 0 saturated heterocycles. The van der Waals surface area contributed by atoms with Crippen LogP contribution in [0.25, 0.3) is 0 Å². The Labute approximate surface area is 105 Å². The van der Waals surface area contributed by atoms with Crippen LogP contribution in [-0.2, 0) is 14.8 Å². The third-order valence-corrected chi connectivity index (χ3v) is 3.92. The zero-order chi connectivity index (χ0) is 11.9. The predicted molar refractivity (Wildman–Crippen MR) is 64.2 cm³/mol. The molecule has 2 N–H and O–H groups in total. The Morgan fingerprint density at radius 3 is 2.75 bits per heavy atom. The van der Waals surface area contributed by atoms with E-state index in [1.807, 2.05) is 27.3 Å². The summed E-state index contributed by atoms with van der Waals surface area (Å²) in [6.45, 7) is 0. The number of benzene rings is 1. The number of halogens is 1. The fourth-order valence-electron chi connectivity index (χ4n) is 1.21. The lowest BCUT2D eigenvalue weighted by Crippen LogP contribution is -2.38. The number of nitrogens with zero attached hydrogens (tertiary/aromatic N) is 1. The van der Waals surface area contributed by atoms with Gasteiger partial charge in [0.05, 0.1) is 5.69 Å². The highest BCUT2D eigenvalue weighted by Crippen LogP contribution is 2.28. The van der Waals surface area contributed by atoms with Crippen molar-refractivity contribution in [3.63, 3.8) is 0 Å². The minimum Gasteiger partial charge on any atom is -0.475 e. The molecule has 2 rings (SSSR count). The van der Waals surface area contributed by atoms with Crippen LogP contribution in [0, 0.1) is 3.57 Å². The largest absolute Gasteiger partial charge is 0.475 e. The monoisotopic (exact) mass is 352 g/mol. The Balaban J connectivity index is 2.71. The Morgan fingerprint density at radius 1 is 1.44 bits per heavy atom. The second-order valence-electron chi connectivity index (χ2n) is 2.98. The number of rotatable bonds is 1. The van der Waals surface area contributed by atoms with Crippen LogP contribution < -0.4 is 4.72 Å². The van der Waals surface area contributed by atoms with E-state index < -0.39 is 21.8 Å². The lowest BCUT2D eigenvalue weighted by atomic mass is 10.3. The second kappa shape index (κ2) is 3.70. The molecule has 0 radical (unpaired) electrons. The lowest BCUT2D eigenvalue weighted by molar-refractivity contribution is -0.129. The molecule has 0 spiro atoms. The number of hydrogen-bond donors (Lipinski definition) is 2. The van der Waals surface area contributed by atoms with Gasteiger partial charge in [-0.15, -0.1) is 0 Å². The number of nitrogens with one attached hydrogen (secondary N) is 1. The number of carboxylic acids is 1. The molecule has 1 aliphatic heterocycles. The average molecular weight is 352 g/mol. The molecule has 0 unspecified atom stereocenters. The zero-order valence-electron chi connectivity index (χ0n) is 7.64. The number of carbonyl (C=O) groups is 1. The van der Waals surface area contributed by atoms with Gasteiger partial charge in [-0.1, -0.05) is 0 Å². The van der Waals surface area contributed by atoms with Crippen LogP contribution in [0.5, 0.6) is 0 Å².